The van der Waals surface area contributed by atoms with Crippen LogP contribution in [0.1, 0.15) is 21.5 Å². The standard InChI is InChI=1S/C17H18FNO2/c1-19(8-7-13-5-3-2-4-6-13)12-14-9-15(17(20)21)11-16(18)10-14/h2-6,9-11H,7-8,12H2,1H3,(H,20,21). The monoisotopic (exact) mass is 287 g/mol. The molecule has 0 aliphatic carbocycles. The molecule has 2 aromatic carbocycles. The number of benzene rings is 2. The van der Waals surface area contributed by atoms with Gasteiger partial charge in [-0.05, 0) is 42.8 Å². The summed E-state index contributed by atoms with van der Waals surface area (Å²) < 4.78 is 13.4. The molecule has 0 aliphatic heterocycles. The van der Waals surface area contributed by atoms with E-state index in [-0.39, 0.29) is 5.56 Å². The van der Waals surface area contributed by atoms with Gasteiger partial charge in [0.2, 0.25) is 0 Å². The Morgan fingerprint density at radius 3 is 2.52 bits per heavy atom. The number of halogens is 1. The number of hydrogen-bond donors (Lipinski definition) is 1. The third-order valence-electron chi connectivity index (χ3n) is 3.28. The van der Waals surface area contributed by atoms with Crippen LogP contribution in [0.5, 0.6) is 0 Å². The van der Waals surface area contributed by atoms with Gasteiger partial charge in [0.15, 0.2) is 0 Å². The molecular formula is C17H18FNO2. The Bertz CT molecular complexity index is 613. The van der Waals surface area contributed by atoms with Gasteiger partial charge in [-0.1, -0.05) is 30.3 Å². The summed E-state index contributed by atoms with van der Waals surface area (Å²) in [6, 6.07) is 14.1. The first kappa shape index (κ1) is 15.2. The van der Waals surface area contributed by atoms with Crippen molar-refractivity contribution >= 4 is 5.97 Å². The average Bonchev–Trinajstić information content (AvgIpc) is 2.45. The summed E-state index contributed by atoms with van der Waals surface area (Å²) in [5, 5.41) is 8.94. The van der Waals surface area contributed by atoms with E-state index < -0.39 is 11.8 Å². The molecule has 1 N–H and O–H groups in total. The van der Waals surface area contributed by atoms with E-state index in [0.29, 0.717) is 12.1 Å². The Balaban J connectivity index is 1.96. The molecule has 21 heavy (non-hydrogen) atoms. The number of nitrogens with zero attached hydrogens (tertiary/aromatic N) is 1. The van der Waals surface area contributed by atoms with Crippen LogP contribution < -0.4 is 0 Å². The molecule has 0 unspecified atom stereocenters. The van der Waals surface area contributed by atoms with Crippen LogP contribution in [0.15, 0.2) is 48.5 Å². The highest BCUT2D eigenvalue weighted by Gasteiger charge is 2.08. The molecule has 0 aliphatic rings. The van der Waals surface area contributed by atoms with Gasteiger partial charge in [0, 0.05) is 13.1 Å². The maximum atomic E-state index is 13.4. The number of rotatable bonds is 6. The molecule has 4 heteroatoms. The molecule has 0 radical (unpaired) electrons. The van der Waals surface area contributed by atoms with Crippen LogP contribution in [0.4, 0.5) is 4.39 Å². The molecule has 0 heterocycles. The Labute approximate surface area is 123 Å². The lowest BCUT2D eigenvalue weighted by Gasteiger charge is -2.17. The van der Waals surface area contributed by atoms with Crippen molar-refractivity contribution in [1.82, 2.24) is 4.90 Å². The highest BCUT2D eigenvalue weighted by atomic mass is 19.1. The largest absolute Gasteiger partial charge is 0.478 e. The van der Waals surface area contributed by atoms with Crippen LogP contribution in [0.25, 0.3) is 0 Å². The van der Waals surface area contributed by atoms with E-state index in [1.807, 2.05) is 30.1 Å². The Kier molecular flexibility index (Phi) is 5.06. The first-order chi connectivity index (χ1) is 10.0. The lowest BCUT2D eigenvalue weighted by molar-refractivity contribution is 0.0696. The van der Waals surface area contributed by atoms with Crippen LogP contribution in [-0.4, -0.2) is 29.6 Å². The first-order valence-corrected chi connectivity index (χ1v) is 6.80. The van der Waals surface area contributed by atoms with E-state index in [1.165, 1.54) is 17.7 Å². The number of hydrogen-bond acceptors (Lipinski definition) is 2. The van der Waals surface area contributed by atoms with Crippen molar-refractivity contribution in [2.75, 3.05) is 13.6 Å². The molecule has 0 saturated heterocycles. The zero-order valence-corrected chi connectivity index (χ0v) is 11.9. The zero-order valence-electron chi connectivity index (χ0n) is 11.9. The molecule has 0 saturated carbocycles. The second-order valence-corrected chi connectivity index (χ2v) is 5.13. The third-order valence-corrected chi connectivity index (χ3v) is 3.28. The highest BCUT2D eigenvalue weighted by molar-refractivity contribution is 5.87. The molecule has 110 valence electrons. The van der Waals surface area contributed by atoms with Crippen LogP contribution >= 0.6 is 0 Å². The van der Waals surface area contributed by atoms with Gasteiger partial charge < -0.3 is 10.0 Å². The van der Waals surface area contributed by atoms with Gasteiger partial charge in [0.1, 0.15) is 5.82 Å². The minimum atomic E-state index is -1.11. The molecule has 0 spiro atoms. The summed E-state index contributed by atoms with van der Waals surface area (Å²) in [5.74, 6) is -1.62. The van der Waals surface area contributed by atoms with E-state index in [1.54, 1.807) is 0 Å². The van der Waals surface area contributed by atoms with E-state index >= 15 is 0 Å². The van der Waals surface area contributed by atoms with Gasteiger partial charge >= 0.3 is 5.97 Å². The summed E-state index contributed by atoms with van der Waals surface area (Å²) in [4.78, 5) is 13.0. The molecule has 0 aromatic heterocycles. The van der Waals surface area contributed by atoms with Crippen LogP contribution in [0, 0.1) is 5.82 Å². The minimum absolute atomic E-state index is 0.0125. The summed E-state index contributed by atoms with van der Waals surface area (Å²) in [7, 11) is 1.94. The van der Waals surface area contributed by atoms with Gasteiger partial charge in [-0.25, -0.2) is 9.18 Å². The van der Waals surface area contributed by atoms with Crippen molar-refractivity contribution < 1.29 is 14.3 Å². The zero-order chi connectivity index (χ0) is 15.2. The minimum Gasteiger partial charge on any atom is -0.478 e. The van der Waals surface area contributed by atoms with Crippen LogP contribution in [0.2, 0.25) is 0 Å². The molecular weight excluding hydrogens is 269 g/mol. The lowest BCUT2D eigenvalue weighted by Crippen LogP contribution is -2.21. The number of carbonyl (C=O) groups is 1. The van der Waals surface area contributed by atoms with Crippen molar-refractivity contribution in [2.24, 2.45) is 0 Å². The summed E-state index contributed by atoms with van der Waals surface area (Å²) in [6.07, 6.45) is 0.901. The van der Waals surface area contributed by atoms with Crippen LogP contribution in [0.3, 0.4) is 0 Å². The average molecular weight is 287 g/mol. The number of aromatic carboxylic acids is 1. The fourth-order valence-electron chi connectivity index (χ4n) is 2.22. The van der Waals surface area contributed by atoms with E-state index in [0.717, 1.165) is 19.0 Å². The van der Waals surface area contributed by atoms with E-state index in [9.17, 15) is 9.18 Å². The van der Waals surface area contributed by atoms with Gasteiger partial charge in [0.05, 0.1) is 5.56 Å². The SMILES string of the molecule is CN(CCc1ccccc1)Cc1cc(F)cc(C(=O)O)c1. The van der Waals surface area contributed by atoms with E-state index in [4.69, 9.17) is 5.11 Å². The van der Waals surface area contributed by atoms with Gasteiger partial charge in [-0.2, -0.15) is 0 Å². The fourth-order valence-corrected chi connectivity index (χ4v) is 2.22. The summed E-state index contributed by atoms with van der Waals surface area (Å²) in [5.41, 5.74) is 1.90. The van der Waals surface area contributed by atoms with Crippen molar-refractivity contribution in [3.63, 3.8) is 0 Å². The normalized spacial score (nSPS) is 10.8. The second kappa shape index (κ2) is 6.99. The van der Waals surface area contributed by atoms with Crippen molar-refractivity contribution in [1.29, 1.82) is 0 Å². The Hall–Kier alpha value is -2.20. The molecule has 0 atom stereocenters. The van der Waals surface area contributed by atoms with Crippen molar-refractivity contribution in [2.45, 2.75) is 13.0 Å². The maximum Gasteiger partial charge on any atom is 0.335 e. The second-order valence-electron chi connectivity index (χ2n) is 5.13. The summed E-state index contributed by atoms with van der Waals surface area (Å²) >= 11 is 0. The number of likely N-dealkylation sites (N-methyl/N-ethyl adjacent to an activating group) is 1. The third kappa shape index (κ3) is 4.68. The fraction of sp³-hybridized carbons (Fsp3) is 0.235. The number of carboxylic acids is 1. The van der Waals surface area contributed by atoms with Crippen LogP contribution in [-0.2, 0) is 13.0 Å². The van der Waals surface area contributed by atoms with Crippen molar-refractivity contribution in [3.8, 4) is 0 Å². The topological polar surface area (TPSA) is 40.5 Å². The smallest absolute Gasteiger partial charge is 0.335 e. The highest BCUT2D eigenvalue weighted by Crippen LogP contribution is 2.12. The maximum absolute atomic E-state index is 13.4. The summed E-state index contributed by atoms with van der Waals surface area (Å²) in [6.45, 7) is 1.34. The Morgan fingerprint density at radius 1 is 1.14 bits per heavy atom. The van der Waals surface area contributed by atoms with Crippen molar-refractivity contribution in [3.05, 3.63) is 71.0 Å². The molecule has 0 amide bonds. The first-order valence-electron chi connectivity index (χ1n) is 6.80. The van der Waals surface area contributed by atoms with Gasteiger partial charge in [0.25, 0.3) is 0 Å². The predicted octanol–water partition coefficient (Wildman–Crippen LogP) is 3.20. The quantitative estimate of drug-likeness (QED) is 0.887. The molecule has 0 bridgehead atoms. The van der Waals surface area contributed by atoms with Gasteiger partial charge in [-0.3, -0.25) is 0 Å². The number of carboxylic acid groups (broad SMARTS) is 1. The van der Waals surface area contributed by atoms with Gasteiger partial charge in [-0.15, -0.1) is 0 Å². The molecule has 0 fully saturated rings. The van der Waals surface area contributed by atoms with E-state index in [2.05, 4.69) is 12.1 Å². The lowest BCUT2D eigenvalue weighted by atomic mass is 10.1. The molecule has 2 rings (SSSR count). The molecule has 3 nitrogen and oxygen atoms in total. The Morgan fingerprint density at radius 2 is 1.86 bits per heavy atom. The molecule has 2 aromatic rings. The predicted molar refractivity (Wildman–Crippen MR) is 79.8 cm³/mol.